The maximum atomic E-state index is 11.4. The van der Waals surface area contributed by atoms with Gasteiger partial charge in [0.05, 0.1) is 0 Å². The fraction of sp³-hybridized carbons (Fsp3) is 0.917. The Morgan fingerprint density at radius 3 is 2.93 bits per heavy atom. The first kappa shape index (κ1) is 13.0. The fourth-order valence-corrected chi connectivity index (χ4v) is 2.78. The van der Waals surface area contributed by atoms with Crippen molar-refractivity contribution in [1.29, 1.82) is 0 Å². The lowest BCUT2D eigenvalue weighted by molar-refractivity contribution is -0.122. The van der Waals surface area contributed by atoms with Crippen LogP contribution in [0.2, 0.25) is 0 Å². The molecule has 0 heterocycles. The van der Waals surface area contributed by atoms with Gasteiger partial charge in [0.15, 0.2) is 0 Å². The van der Waals surface area contributed by atoms with Gasteiger partial charge in [-0.15, -0.1) is 0 Å². The largest absolute Gasteiger partial charge is 0.300 e. The quantitative estimate of drug-likeness (QED) is 0.722. The van der Waals surface area contributed by atoms with E-state index in [0.717, 1.165) is 19.3 Å². The number of nitrogens with zero attached hydrogens (tertiary/aromatic N) is 1. The minimum Gasteiger partial charge on any atom is -0.300 e. The summed E-state index contributed by atoms with van der Waals surface area (Å²) in [6.45, 7) is 2.27. The summed E-state index contributed by atoms with van der Waals surface area (Å²) in [4.78, 5) is 13.8. The van der Waals surface area contributed by atoms with Gasteiger partial charge >= 0.3 is 0 Å². The number of ketones is 1. The summed E-state index contributed by atoms with van der Waals surface area (Å²) in [6.07, 6.45) is 7.25. The zero-order chi connectivity index (χ0) is 11.3. The summed E-state index contributed by atoms with van der Waals surface area (Å²) in [5.74, 6) is 1.67. The third kappa shape index (κ3) is 4.15. The van der Waals surface area contributed by atoms with Crippen molar-refractivity contribution in [2.24, 2.45) is 0 Å². The Labute approximate surface area is 97.8 Å². The highest BCUT2D eigenvalue weighted by Gasteiger charge is 2.25. The average Bonchev–Trinajstić information content (AvgIpc) is 2.24. The van der Waals surface area contributed by atoms with E-state index in [1.54, 1.807) is 0 Å². The van der Waals surface area contributed by atoms with Gasteiger partial charge in [-0.3, -0.25) is 4.79 Å². The molecule has 2 nitrogen and oxygen atoms in total. The molecule has 0 spiro atoms. The highest BCUT2D eigenvalue weighted by molar-refractivity contribution is 7.98. The summed E-state index contributed by atoms with van der Waals surface area (Å²) in [5.41, 5.74) is 0. The molecule has 0 aromatic heterocycles. The van der Waals surface area contributed by atoms with E-state index in [-0.39, 0.29) is 0 Å². The Kier molecular flexibility index (Phi) is 5.69. The first-order valence-electron chi connectivity index (χ1n) is 5.87. The van der Waals surface area contributed by atoms with Crippen LogP contribution in [0.15, 0.2) is 0 Å². The molecule has 0 saturated heterocycles. The summed E-state index contributed by atoms with van der Waals surface area (Å²) in [5, 5.41) is 0. The molecule has 88 valence electrons. The van der Waals surface area contributed by atoms with E-state index in [1.165, 1.54) is 18.6 Å². The van der Waals surface area contributed by atoms with Crippen molar-refractivity contribution in [1.82, 2.24) is 4.90 Å². The van der Waals surface area contributed by atoms with Crippen LogP contribution in [0, 0.1) is 0 Å². The normalized spacial score (nSPS) is 24.5. The molecule has 3 heteroatoms. The summed E-state index contributed by atoms with van der Waals surface area (Å²) in [6, 6.07) is 1.11. The Hall–Kier alpha value is -0.0200. The number of hydrogen-bond donors (Lipinski definition) is 0. The van der Waals surface area contributed by atoms with Crippen molar-refractivity contribution in [2.75, 3.05) is 19.1 Å². The van der Waals surface area contributed by atoms with Gasteiger partial charge in [-0.2, -0.15) is 11.8 Å². The fourth-order valence-electron chi connectivity index (χ4n) is 2.20. The van der Waals surface area contributed by atoms with Crippen LogP contribution >= 0.6 is 11.8 Å². The average molecular weight is 229 g/mol. The first-order valence-corrected chi connectivity index (χ1v) is 7.27. The van der Waals surface area contributed by atoms with Crippen LogP contribution in [0.25, 0.3) is 0 Å². The number of Topliss-reactive ketones (excluding diaryl/α,β-unsaturated/α-hetero) is 1. The monoisotopic (exact) mass is 229 g/mol. The molecule has 1 fully saturated rings. The van der Waals surface area contributed by atoms with E-state index < -0.39 is 0 Å². The smallest absolute Gasteiger partial charge is 0.134 e. The zero-order valence-electron chi connectivity index (χ0n) is 10.2. The third-order valence-corrected chi connectivity index (χ3v) is 4.11. The predicted octanol–water partition coefficient (Wildman–Crippen LogP) is 2.57. The van der Waals surface area contributed by atoms with Crippen LogP contribution in [0.3, 0.4) is 0 Å². The van der Waals surface area contributed by atoms with Crippen molar-refractivity contribution < 1.29 is 4.79 Å². The van der Waals surface area contributed by atoms with E-state index >= 15 is 0 Å². The molecule has 2 atom stereocenters. The number of rotatable bonds is 5. The molecule has 1 rings (SSSR count). The molecule has 15 heavy (non-hydrogen) atoms. The van der Waals surface area contributed by atoms with Gasteiger partial charge in [0.2, 0.25) is 0 Å². The van der Waals surface area contributed by atoms with Crippen molar-refractivity contribution in [3.8, 4) is 0 Å². The summed E-state index contributed by atoms with van der Waals surface area (Å²) < 4.78 is 0. The van der Waals surface area contributed by atoms with Gasteiger partial charge in [0.1, 0.15) is 5.78 Å². The lowest BCUT2D eigenvalue weighted by atomic mass is 9.92. The van der Waals surface area contributed by atoms with Crippen LogP contribution in [-0.2, 0) is 4.79 Å². The van der Waals surface area contributed by atoms with Crippen LogP contribution < -0.4 is 0 Å². The summed E-state index contributed by atoms with van der Waals surface area (Å²) >= 11 is 1.90. The van der Waals surface area contributed by atoms with Crippen molar-refractivity contribution in [3.05, 3.63) is 0 Å². The number of carbonyl (C=O) groups excluding carboxylic acids is 1. The maximum Gasteiger partial charge on any atom is 0.134 e. The van der Waals surface area contributed by atoms with Crippen molar-refractivity contribution in [3.63, 3.8) is 0 Å². The minimum absolute atomic E-state index is 0.454. The Balaban J connectivity index is 2.36. The molecule has 0 N–H and O–H groups in total. The van der Waals surface area contributed by atoms with Gasteiger partial charge < -0.3 is 4.90 Å². The van der Waals surface area contributed by atoms with Crippen LogP contribution in [0.5, 0.6) is 0 Å². The predicted molar refractivity (Wildman–Crippen MR) is 67.5 cm³/mol. The molecule has 0 aliphatic heterocycles. The van der Waals surface area contributed by atoms with E-state index in [1.807, 2.05) is 11.8 Å². The Morgan fingerprint density at radius 2 is 2.33 bits per heavy atom. The van der Waals surface area contributed by atoms with E-state index in [4.69, 9.17) is 0 Å². The van der Waals surface area contributed by atoms with Gasteiger partial charge in [-0.05, 0) is 45.2 Å². The molecule has 0 radical (unpaired) electrons. The van der Waals surface area contributed by atoms with Gasteiger partial charge in [0, 0.05) is 24.9 Å². The summed E-state index contributed by atoms with van der Waals surface area (Å²) in [7, 11) is 2.17. The molecule has 2 unspecified atom stereocenters. The van der Waals surface area contributed by atoms with E-state index in [0.29, 0.717) is 17.9 Å². The highest BCUT2D eigenvalue weighted by atomic mass is 32.2. The van der Waals surface area contributed by atoms with E-state index in [9.17, 15) is 4.79 Å². The van der Waals surface area contributed by atoms with E-state index in [2.05, 4.69) is 25.1 Å². The second-order valence-corrected chi connectivity index (χ2v) is 5.57. The van der Waals surface area contributed by atoms with Crippen molar-refractivity contribution in [2.45, 2.75) is 51.1 Å². The molecule has 1 saturated carbocycles. The zero-order valence-corrected chi connectivity index (χ0v) is 11.0. The minimum atomic E-state index is 0.454. The maximum absolute atomic E-state index is 11.4. The van der Waals surface area contributed by atoms with Gasteiger partial charge in [0.25, 0.3) is 0 Å². The van der Waals surface area contributed by atoms with Crippen LogP contribution in [-0.4, -0.2) is 41.8 Å². The molecule has 0 aromatic carbocycles. The number of thioether (sulfide) groups is 1. The molecule has 0 bridgehead atoms. The standard InChI is InChI=1S/C12H23NOS/c1-10(7-8-15-3)13(2)11-5-4-6-12(14)9-11/h10-11H,4-9H2,1-3H3. The van der Waals surface area contributed by atoms with Crippen LogP contribution in [0.4, 0.5) is 0 Å². The SMILES string of the molecule is CSCCC(C)N(C)C1CCCC(=O)C1. The molecule has 1 aliphatic carbocycles. The Bertz CT molecular complexity index is 208. The number of hydrogen-bond acceptors (Lipinski definition) is 3. The second kappa shape index (κ2) is 6.54. The molecular formula is C12H23NOS. The van der Waals surface area contributed by atoms with Crippen LogP contribution in [0.1, 0.15) is 39.0 Å². The topological polar surface area (TPSA) is 20.3 Å². The van der Waals surface area contributed by atoms with Gasteiger partial charge in [-0.25, -0.2) is 0 Å². The molecular weight excluding hydrogens is 206 g/mol. The molecule has 0 amide bonds. The highest BCUT2D eigenvalue weighted by Crippen LogP contribution is 2.22. The lowest BCUT2D eigenvalue weighted by Gasteiger charge is -2.35. The Morgan fingerprint density at radius 1 is 1.60 bits per heavy atom. The second-order valence-electron chi connectivity index (χ2n) is 4.58. The number of carbonyl (C=O) groups is 1. The van der Waals surface area contributed by atoms with Crippen molar-refractivity contribution >= 4 is 17.5 Å². The lowest BCUT2D eigenvalue weighted by Crippen LogP contribution is -2.41. The first-order chi connectivity index (χ1) is 7.15. The molecule has 1 aliphatic rings. The molecule has 0 aromatic rings. The van der Waals surface area contributed by atoms with Gasteiger partial charge in [-0.1, -0.05) is 0 Å². The third-order valence-electron chi connectivity index (χ3n) is 3.47.